The molecule has 3 fully saturated rings. The summed E-state index contributed by atoms with van der Waals surface area (Å²) in [4.78, 5) is 25.7. The molecule has 0 radical (unpaired) electrons. The molecular formula is C12H20N4O6S. The Balaban J connectivity index is 1.60. The summed E-state index contributed by atoms with van der Waals surface area (Å²) in [6.45, 7) is 0.190. The van der Waals surface area contributed by atoms with Crippen LogP contribution < -0.4 is 10.9 Å². The number of amides is 3. The average molecular weight is 348 g/mol. The molecule has 11 heteroatoms. The molecule has 0 aromatic heterocycles. The molecule has 3 aliphatic rings. The summed E-state index contributed by atoms with van der Waals surface area (Å²) < 4.78 is 34.7. The summed E-state index contributed by atoms with van der Waals surface area (Å²) in [5.74, 6) is -0.322. The Morgan fingerprint density at radius 2 is 1.91 bits per heavy atom. The van der Waals surface area contributed by atoms with Crippen molar-refractivity contribution in [3.05, 3.63) is 0 Å². The molecule has 2 aliphatic heterocycles. The largest absolute Gasteiger partial charge is 0.418 e. The number of nitrogens with one attached hydrogen (secondary N) is 2. The zero-order valence-corrected chi connectivity index (χ0v) is 13.3. The molecule has 3 rings (SSSR count). The van der Waals surface area contributed by atoms with Gasteiger partial charge in [-0.1, -0.05) is 12.8 Å². The summed E-state index contributed by atoms with van der Waals surface area (Å²) in [7, 11) is -4.77. The van der Waals surface area contributed by atoms with Crippen molar-refractivity contribution < 1.29 is 26.8 Å². The molecule has 3 N–H and O–H groups in total. The van der Waals surface area contributed by atoms with Gasteiger partial charge in [-0.3, -0.25) is 14.8 Å². The van der Waals surface area contributed by atoms with Crippen LogP contribution in [0.3, 0.4) is 0 Å². The highest BCUT2D eigenvalue weighted by atomic mass is 32.3. The lowest BCUT2D eigenvalue weighted by molar-refractivity contribution is -0.127. The van der Waals surface area contributed by atoms with Crippen molar-refractivity contribution in [3.8, 4) is 0 Å². The average Bonchev–Trinajstić information content (AvgIpc) is 3.08. The van der Waals surface area contributed by atoms with E-state index in [1.807, 2.05) is 0 Å². The Labute approximate surface area is 134 Å². The summed E-state index contributed by atoms with van der Waals surface area (Å²) in [5, 5.41) is 0.632. The molecule has 130 valence electrons. The van der Waals surface area contributed by atoms with Crippen LogP contribution in [0.2, 0.25) is 0 Å². The molecule has 3 amide bonds. The Bertz CT molecular complexity index is 590. The first kappa shape index (κ1) is 16.4. The Morgan fingerprint density at radius 1 is 1.22 bits per heavy atom. The lowest BCUT2D eigenvalue weighted by atomic mass is 10.0. The number of hydrogen-bond acceptors (Lipinski definition) is 6. The van der Waals surface area contributed by atoms with E-state index in [0.717, 1.165) is 25.7 Å². The van der Waals surface area contributed by atoms with Crippen LogP contribution >= 0.6 is 0 Å². The normalized spacial score (nSPS) is 28.5. The monoisotopic (exact) mass is 348 g/mol. The van der Waals surface area contributed by atoms with Crippen LogP contribution in [-0.2, 0) is 19.5 Å². The first-order valence-electron chi connectivity index (χ1n) is 7.67. The van der Waals surface area contributed by atoms with E-state index in [9.17, 15) is 18.0 Å². The quantitative estimate of drug-likeness (QED) is 0.453. The zero-order valence-electron chi connectivity index (χ0n) is 12.5. The van der Waals surface area contributed by atoms with Crippen LogP contribution in [0.5, 0.6) is 0 Å². The van der Waals surface area contributed by atoms with Crippen LogP contribution in [-0.4, -0.2) is 59.5 Å². The molecular weight excluding hydrogens is 328 g/mol. The van der Waals surface area contributed by atoms with Crippen molar-refractivity contribution in [2.45, 2.75) is 56.7 Å². The third-order valence-electron chi connectivity index (χ3n) is 4.55. The molecule has 1 aliphatic carbocycles. The van der Waals surface area contributed by atoms with Crippen LogP contribution in [0, 0.1) is 0 Å². The number of carbonyl (C=O) groups is 2. The first-order valence-corrected chi connectivity index (χ1v) is 9.04. The number of hydrazine groups is 1. The second-order valence-electron chi connectivity index (χ2n) is 6.12. The maximum Gasteiger partial charge on any atom is 0.418 e. The molecule has 2 saturated heterocycles. The van der Waals surface area contributed by atoms with E-state index in [-0.39, 0.29) is 18.5 Å². The maximum atomic E-state index is 12.3. The number of fused-ring (bicyclic) bond motifs is 2. The van der Waals surface area contributed by atoms with Gasteiger partial charge in [-0.25, -0.2) is 10.2 Å². The van der Waals surface area contributed by atoms with Crippen LogP contribution in [0.25, 0.3) is 0 Å². The van der Waals surface area contributed by atoms with Gasteiger partial charge in [0.25, 0.3) is 5.91 Å². The van der Waals surface area contributed by atoms with Gasteiger partial charge < -0.3 is 4.90 Å². The van der Waals surface area contributed by atoms with E-state index in [1.54, 1.807) is 0 Å². The number of hydrogen-bond donors (Lipinski definition) is 3. The lowest BCUT2D eigenvalue weighted by Gasteiger charge is -2.29. The van der Waals surface area contributed by atoms with E-state index in [1.165, 1.54) is 4.90 Å². The standard InChI is InChI=1S/C12H20N4O6S/c17-11(14-13-8-3-1-2-4-8)10-6-5-9-7-15(10)12(18)16(9)22-23(19,20)21/h8-10,13H,1-7H2,(H,14,17)(H,19,20,21)/t9-,10+/m1/s1. The van der Waals surface area contributed by atoms with Gasteiger partial charge in [0.05, 0.1) is 6.04 Å². The Morgan fingerprint density at radius 3 is 2.57 bits per heavy atom. The number of urea groups is 1. The van der Waals surface area contributed by atoms with E-state index < -0.39 is 28.5 Å². The van der Waals surface area contributed by atoms with Crippen LogP contribution in [0.1, 0.15) is 38.5 Å². The fraction of sp³-hybridized carbons (Fsp3) is 0.833. The zero-order chi connectivity index (χ0) is 16.6. The summed E-state index contributed by atoms with van der Waals surface area (Å²) in [6.07, 6.45) is 5.09. The van der Waals surface area contributed by atoms with Crippen LogP contribution in [0.4, 0.5) is 4.79 Å². The van der Waals surface area contributed by atoms with Gasteiger partial charge in [0.2, 0.25) is 0 Å². The predicted molar refractivity (Wildman–Crippen MR) is 76.9 cm³/mol. The maximum absolute atomic E-state index is 12.3. The van der Waals surface area contributed by atoms with Crippen molar-refractivity contribution in [2.75, 3.05) is 6.54 Å². The molecule has 1 saturated carbocycles. The highest BCUT2D eigenvalue weighted by Crippen LogP contribution is 2.30. The first-order chi connectivity index (χ1) is 10.8. The smallest absolute Gasteiger partial charge is 0.309 e. The highest BCUT2D eigenvalue weighted by Gasteiger charge is 2.49. The van der Waals surface area contributed by atoms with Crippen LogP contribution in [0.15, 0.2) is 0 Å². The van der Waals surface area contributed by atoms with E-state index in [2.05, 4.69) is 15.1 Å². The third-order valence-corrected chi connectivity index (χ3v) is 4.90. The van der Waals surface area contributed by atoms with Gasteiger partial charge in [0, 0.05) is 12.6 Å². The van der Waals surface area contributed by atoms with Crippen molar-refractivity contribution in [3.63, 3.8) is 0 Å². The van der Waals surface area contributed by atoms with Crippen molar-refractivity contribution in [1.29, 1.82) is 0 Å². The minimum absolute atomic E-state index is 0.190. The van der Waals surface area contributed by atoms with E-state index in [0.29, 0.717) is 17.9 Å². The second kappa shape index (κ2) is 6.23. The number of nitrogens with zero attached hydrogens (tertiary/aromatic N) is 2. The van der Waals surface area contributed by atoms with Crippen molar-refractivity contribution in [2.24, 2.45) is 0 Å². The highest BCUT2D eigenvalue weighted by molar-refractivity contribution is 7.80. The number of hydroxylamine groups is 2. The fourth-order valence-electron chi connectivity index (χ4n) is 3.43. The molecule has 0 unspecified atom stereocenters. The molecule has 10 nitrogen and oxygen atoms in total. The van der Waals surface area contributed by atoms with Gasteiger partial charge in [-0.2, -0.15) is 13.5 Å². The molecule has 23 heavy (non-hydrogen) atoms. The van der Waals surface area contributed by atoms with Gasteiger partial charge in [-0.05, 0) is 25.7 Å². The number of rotatable bonds is 5. The van der Waals surface area contributed by atoms with E-state index in [4.69, 9.17) is 4.55 Å². The van der Waals surface area contributed by atoms with Gasteiger partial charge >= 0.3 is 16.4 Å². The number of carbonyl (C=O) groups excluding carboxylic acids is 2. The summed E-state index contributed by atoms with van der Waals surface area (Å²) >= 11 is 0. The lowest BCUT2D eigenvalue weighted by Crippen LogP contribution is -2.54. The summed E-state index contributed by atoms with van der Waals surface area (Å²) in [5.41, 5.74) is 5.63. The minimum Gasteiger partial charge on any atom is -0.309 e. The minimum atomic E-state index is -4.77. The summed E-state index contributed by atoms with van der Waals surface area (Å²) in [6, 6.07) is -1.64. The SMILES string of the molecule is O=C(NNC1CCCC1)[C@@H]1CC[C@@H]2CN1C(=O)N2OS(=O)(=O)O. The van der Waals surface area contributed by atoms with Gasteiger partial charge in [0.1, 0.15) is 6.04 Å². The van der Waals surface area contributed by atoms with Gasteiger partial charge in [-0.15, -0.1) is 4.28 Å². The number of piperidine rings is 1. The van der Waals surface area contributed by atoms with Crippen molar-refractivity contribution >= 4 is 22.3 Å². The Kier molecular flexibility index (Phi) is 4.45. The predicted octanol–water partition coefficient (Wildman–Crippen LogP) is -0.447. The molecule has 0 aromatic carbocycles. The third kappa shape index (κ3) is 3.57. The second-order valence-corrected chi connectivity index (χ2v) is 7.13. The fourth-order valence-corrected chi connectivity index (χ4v) is 3.82. The Hall–Kier alpha value is -1.43. The molecule has 0 aromatic rings. The topological polar surface area (TPSA) is 128 Å². The molecule has 2 heterocycles. The molecule has 2 atom stereocenters. The van der Waals surface area contributed by atoms with E-state index >= 15 is 0 Å². The van der Waals surface area contributed by atoms with Crippen molar-refractivity contribution in [1.82, 2.24) is 20.8 Å². The molecule has 2 bridgehead atoms. The van der Waals surface area contributed by atoms with Gasteiger partial charge in [0.15, 0.2) is 0 Å². The molecule has 0 spiro atoms.